The molecule has 2 heterocycles. The molecule has 18 heavy (non-hydrogen) atoms. The second-order valence-electron chi connectivity index (χ2n) is 4.52. The number of hydrogen-bond acceptors (Lipinski definition) is 5. The average molecular weight is 313 g/mol. The number of rotatable bonds is 3. The molecule has 0 aromatic carbocycles. The van der Waals surface area contributed by atoms with Gasteiger partial charge in [-0.25, -0.2) is 0 Å². The van der Waals surface area contributed by atoms with Gasteiger partial charge in [0.2, 0.25) is 5.89 Å². The van der Waals surface area contributed by atoms with Gasteiger partial charge in [-0.15, -0.1) is 0 Å². The Morgan fingerprint density at radius 2 is 2.28 bits per heavy atom. The predicted molar refractivity (Wildman–Crippen MR) is 69.0 cm³/mol. The SMILES string of the molecule is CC(C)(N)c1noc(Cn2cccc(Br)c2=O)n1. The van der Waals surface area contributed by atoms with Crippen LogP contribution in [0.4, 0.5) is 0 Å². The van der Waals surface area contributed by atoms with E-state index in [2.05, 4.69) is 26.1 Å². The fourth-order valence-electron chi connectivity index (χ4n) is 1.36. The molecule has 2 N–H and O–H groups in total. The van der Waals surface area contributed by atoms with Crippen molar-refractivity contribution in [3.05, 3.63) is 44.9 Å². The third-order valence-electron chi connectivity index (χ3n) is 2.32. The maximum absolute atomic E-state index is 11.8. The van der Waals surface area contributed by atoms with E-state index in [0.29, 0.717) is 16.2 Å². The number of nitrogens with two attached hydrogens (primary N) is 1. The first-order valence-corrected chi connectivity index (χ1v) is 6.14. The largest absolute Gasteiger partial charge is 0.337 e. The lowest BCUT2D eigenvalue weighted by Crippen LogP contribution is -2.30. The lowest BCUT2D eigenvalue weighted by molar-refractivity contribution is 0.354. The Labute approximate surface area is 112 Å². The van der Waals surface area contributed by atoms with Gasteiger partial charge in [0, 0.05) is 6.20 Å². The Balaban J connectivity index is 2.27. The monoisotopic (exact) mass is 312 g/mol. The van der Waals surface area contributed by atoms with Gasteiger partial charge in [0.25, 0.3) is 5.56 Å². The van der Waals surface area contributed by atoms with E-state index in [9.17, 15) is 4.79 Å². The lowest BCUT2D eigenvalue weighted by Gasteiger charge is -2.11. The number of halogens is 1. The van der Waals surface area contributed by atoms with E-state index in [0.717, 1.165) is 0 Å². The van der Waals surface area contributed by atoms with Crippen molar-refractivity contribution in [3.63, 3.8) is 0 Å². The lowest BCUT2D eigenvalue weighted by atomic mass is 10.1. The van der Waals surface area contributed by atoms with Crippen molar-refractivity contribution in [1.82, 2.24) is 14.7 Å². The first-order valence-electron chi connectivity index (χ1n) is 5.35. The van der Waals surface area contributed by atoms with Crippen molar-refractivity contribution in [2.45, 2.75) is 25.9 Å². The Morgan fingerprint density at radius 3 is 2.89 bits per heavy atom. The van der Waals surface area contributed by atoms with Crippen LogP contribution in [-0.2, 0) is 12.1 Å². The summed E-state index contributed by atoms with van der Waals surface area (Å²) < 4.78 is 7.04. The van der Waals surface area contributed by atoms with Crippen LogP contribution in [0.25, 0.3) is 0 Å². The topological polar surface area (TPSA) is 86.9 Å². The zero-order valence-electron chi connectivity index (χ0n) is 10.1. The summed E-state index contributed by atoms with van der Waals surface area (Å²) in [7, 11) is 0. The van der Waals surface area contributed by atoms with Gasteiger partial charge in [-0.05, 0) is 41.9 Å². The van der Waals surface area contributed by atoms with Crippen molar-refractivity contribution in [3.8, 4) is 0 Å². The van der Waals surface area contributed by atoms with Crippen molar-refractivity contribution in [1.29, 1.82) is 0 Å². The molecule has 96 valence electrons. The van der Waals surface area contributed by atoms with Gasteiger partial charge >= 0.3 is 0 Å². The van der Waals surface area contributed by atoms with Gasteiger partial charge in [-0.2, -0.15) is 4.98 Å². The molecule has 0 aliphatic rings. The summed E-state index contributed by atoms with van der Waals surface area (Å²) >= 11 is 3.18. The van der Waals surface area contributed by atoms with E-state index in [1.54, 1.807) is 32.2 Å². The molecule has 7 heteroatoms. The third kappa shape index (κ3) is 2.68. The Hall–Kier alpha value is -1.47. The van der Waals surface area contributed by atoms with Crippen LogP contribution in [-0.4, -0.2) is 14.7 Å². The smallest absolute Gasteiger partial charge is 0.265 e. The van der Waals surface area contributed by atoms with Gasteiger partial charge < -0.3 is 14.8 Å². The van der Waals surface area contributed by atoms with Crippen LogP contribution in [0.1, 0.15) is 25.6 Å². The van der Waals surface area contributed by atoms with Crippen LogP contribution in [0.3, 0.4) is 0 Å². The second kappa shape index (κ2) is 4.66. The van der Waals surface area contributed by atoms with Crippen LogP contribution in [0.15, 0.2) is 32.1 Å². The molecule has 2 aromatic heterocycles. The first-order chi connectivity index (χ1) is 8.38. The summed E-state index contributed by atoms with van der Waals surface area (Å²) in [6.07, 6.45) is 1.66. The highest BCUT2D eigenvalue weighted by molar-refractivity contribution is 9.10. The molecule has 0 bridgehead atoms. The molecule has 0 aliphatic carbocycles. The van der Waals surface area contributed by atoms with Crippen LogP contribution in [0, 0.1) is 0 Å². The summed E-state index contributed by atoms with van der Waals surface area (Å²) in [6, 6.07) is 3.44. The molecule has 0 saturated heterocycles. The summed E-state index contributed by atoms with van der Waals surface area (Å²) in [5.41, 5.74) is 5.04. The van der Waals surface area contributed by atoms with Gasteiger partial charge in [0.1, 0.15) is 6.54 Å². The molecule has 2 rings (SSSR count). The Bertz CT molecular complexity index is 612. The van der Waals surface area contributed by atoms with E-state index in [4.69, 9.17) is 10.3 Å². The van der Waals surface area contributed by atoms with E-state index >= 15 is 0 Å². The van der Waals surface area contributed by atoms with Gasteiger partial charge in [0.15, 0.2) is 5.82 Å². The summed E-state index contributed by atoms with van der Waals surface area (Å²) in [5.74, 6) is 0.768. The molecule has 0 radical (unpaired) electrons. The summed E-state index contributed by atoms with van der Waals surface area (Å²) in [4.78, 5) is 15.9. The van der Waals surface area contributed by atoms with Crippen LogP contribution in [0.5, 0.6) is 0 Å². The minimum atomic E-state index is -0.663. The standard InChI is InChI=1S/C11H13BrN4O2/c1-11(2,13)10-14-8(18-15-10)6-16-5-3-4-7(12)9(16)17/h3-5H,6,13H2,1-2H3. The van der Waals surface area contributed by atoms with E-state index in [1.165, 1.54) is 4.57 Å². The van der Waals surface area contributed by atoms with Crippen molar-refractivity contribution >= 4 is 15.9 Å². The van der Waals surface area contributed by atoms with Gasteiger partial charge in [-0.3, -0.25) is 4.79 Å². The molecular formula is C11H13BrN4O2. The molecule has 0 fully saturated rings. The summed E-state index contributed by atoms with van der Waals surface area (Å²) in [5, 5.41) is 3.80. The predicted octanol–water partition coefficient (Wildman–Crippen LogP) is 1.24. The average Bonchev–Trinajstić information content (AvgIpc) is 2.73. The minimum Gasteiger partial charge on any atom is -0.337 e. The van der Waals surface area contributed by atoms with Crippen LogP contribution >= 0.6 is 15.9 Å². The Kier molecular flexibility index (Phi) is 3.36. The zero-order chi connectivity index (χ0) is 13.3. The molecule has 2 aromatic rings. The zero-order valence-corrected chi connectivity index (χ0v) is 11.6. The number of aromatic nitrogens is 3. The normalized spacial score (nSPS) is 11.8. The van der Waals surface area contributed by atoms with Gasteiger partial charge in [-0.1, -0.05) is 5.16 Å². The van der Waals surface area contributed by atoms with Crippen molar-refractivity contribution < 1.29 is 4.52 Å². The van der Waals surface area contributed by atoms with E-state index in [1.807, 2.05) is 0 Å². The maximum atomic E-state index is 11.8. The quantitative estimate of drug-likeness (QED) is 0.921. The van der Waals surface area contributed by atoms with E-state index in [-0.39, 0.29) is 12.1 Å². The molecule has 0 unspecified atom stereocenters. The first kappa shape index (κ1) is 13.0. The molecule has 0 amide bonds. The fourth-order valence-corrected chi connectivity index (χ4v) is 1.74. The van der Waals surface area contributed by atoms with Gasteiger partial charge in [0.05, 0.1) is 10.0 Å². The highest BCUT2D eigenvalue weighted by Gasteiger charge is 2.21. The highest BCUT2D eigenvalue weighted by atomic mass is 79.9. The van der Waals surface area contributed by atoms with E-state index < -0.39 is 5.54 Å². The number of pyridine rings is 1. The van der Waals surface area contributed by atoms with Crippen LogP contribution < -0.4 is 11.3 Å². The molecule has 0 saturated carbocycles. The molecule has 0 spiro atoms. The second-order valence-corrected chi connectivity index (χ2v) is 5.38. The van der Waals surface area contributed by atoms with Crippen molar-refractivity contribution in [2.24, 2.45) is 5.73 Å². The highest BCUT2D eigenvalue weighted by Crippen LogP contribution is 2.13. The molecule has 0 atom stereocenters. The minimum absolute atomic E-state index is 0.149. The van der Waals surface area contributed by atoms with Crippen LogP contribution in [0.2, 0.25) is 0 Å². The molecule has 6 nitrogen and oxygen atoms in total. The summed E-state index contributed by atoms with van der Waals surface area (Å²) in [6.45, 7) is 3.79. The number of hydrogen-bond donors (Lipinski definition) is 1. The fraction of sp³-hybridized carbons (Fsp3) is 0.364. The molecule has 0 aliphatic heterocycles. The maximum Gasteiger partial charge on any atom is 0.265 e. The third-order valence-corrected chi connectivity index (χ3v) is 2.93. The Morgan fingerprint density at radius 1 is 1.56 bits per heavy atom. The number of nitrogens with zero attached hydrogens (tertiary/aromatic N) is 3. The molecular weight excluding hydrogens is 300 g/mol. The van der Waals surface area contributed by atoms with Crippen molar-refractivity contribution in [2.75, 3.05) is 0 Å².